The molecule has 0 unspecified atom stereocenters. The van der Waals surface area contributed by atoms with E-state index in [1.54, 1.807) is 36.4 Å². The van der Waals surface area contributed by atoms with Gasteiger partial charge in [-0.05, 0) is 42.2 Å². The molecule has 6 nitrogen and oxygen atoms in total. The topological polar surface area (TPSA) is 81.7 Å². The van der Waals surface area contributed by atoms with Crippen LogP contribution in [-0.4, -0.2) is 30.9 Å². The number of amides is 1. The highest BCUT2D eigenvalue weighted by molar-refractivity contribution is 6.04. The third-order valence-electron chi connectivity index (χ3n) is 4.02. The molecule has 0 aliphatic heterocycles. The first-order valence-corrected chi connectivity index (χ1v) is 8.95. The third kappa shape index (κ3) is 6.23. The van der Waals surface area contributed by atoms with E-state index in [1.807, 2.05) is 12.1 Å². The minimum atomic E-state index is -0.657. The number of Topliss-reactive ketones (excluding diaryl/α,β-unsaturated/α-hetero) is 1. The van der Waals surface area contributed by atoms with Crippen molar-refractivity contribution in [3.05, 3.63) is 59.7 Å². The number of nitrogens with one attached hydrogen (secondary N) is 1. The Morgan fingerprint density at radius 1 is 0.929 bits per heavy atom. The zero-order valence-electron chi connectivity index (χ0n) is 16.6. The second-order valence-corrected chi connectivity index (χ2v) is 7.37. The number of carbonyl (C=O) groups excluding carboxylic acids is 3. The van der Waals surface area contributed by atoms with Gasteiger partial charge in [0.2, 0.25) is 0 Å². The Kier molecular flexibility index (Phi) is 6.93. The van der Waals surface area contributed by atoms with Gasteiger partial charge in [0.15, 0.2) is 19.0 Å². The van der Waals surface area contributed by atoms with E-state index in [9.17, 15) is 14.4 Å². The standard InChI is InChI=1S/C22H25NO5/c1-15(24)18-7-5-6-8-19(18)23-20(25)13-28-21(26)14-27-17-11-9-16(10-12-17)22(2,3)4/h5-12H,13-14H2,1-4H3,(H,23,25). The molecule has 0 spiro atoms. The Bertz CT molecular complexity index is 850. The lowest BCUT2D eigenvalue weighted by Crippen LogP contribution is -2.24. The Labute approximate surface area is 164 Å². The minimum absolute atomic E-state index is 0.0336. The average molecular weight is 383 g/mol. The Morgan fingerprint density at radius 2 is 1.57 bits per heavy atom. The van der Waals surface area contributed by atoms with Gasteiger partial charge in [0.1, 0.15) is 5.75 Å². The normalized spacial score (nSPS) is 10.9. The van der Waals surface area contributed by atoms with Gasteiger partial charge in [0, 0.05) is 5.56 Å². The van der Waals surface area contributed by atoms with Crippen LogP contribution in [0.3, 0.4) is 0 Å². The second kappa shape index (κ2) is 9.17. The van der Waals surface area contributed by atoms with Crippen molar-refractivity contribution in [2.75, 3.05) is 18.5 Å². The van der Waals surface area contributed by atoms with Crippen molar-refractivity contribution >= 4 is 23.3 Å². The van der Waals surface area contributed by atoms with Crippen LogP contribution in [0.1, 0.15) is 43.6 Å². The lowest BCUT2D eigenvalue weighted by atomic mass is 9.87. The molecule has 0 aliphatic rings. The number of para-hydroxylation sites is 1. The van der Waals surface area contributed by atoms with Crippen LogP contribution in [0.4, 0.5) is 5.69 Å². The number of hydrogen-bond acceptors (Lipinski definition) is 5. The Balaban J connectivity index is 1.79. The zero-order chi connectivity index (χ0) is 20.7. The van der Waals surface area contributed by atoms with Crippen molar-refractivity contribution < 1.29 is 23.9 Å². The van der Waals surface area contributed by atoms with Gasteiger partial charge in [0.25, 0.3) is 5.91 Å². The minimum Gasteiger partial charge on any atom is -0.482 e. The molecule has 2 rings (SSSR count). The number of ether oxygens (including phenoxy) is 2. The number of rotatable bonds is 7. The molecule has 0 heterocycles. The van der Waals surface area contributed by atoms with Crippen molar-refractivity contribution in [3.8, 4) is 5.75 Å². The van der Waals surface area contributed by atoms with E-state index in [1.165, 1.54) is 6.92 Å². The monoisotopic (exact) mass is 383 g/mol. The van der Waals surface area contributed by atoms with E-state index in [4.69, 9.17) is 9.47 Å². The fourth-order valence-corrected chi connectivity index (χ4v) is 2.47. The summed E-state index contributed by atoms with van der Waals surface area (Å²) in [5.41, 5.74) is 1.96. The van der Waals surface area contributed by atoms with Crippen LogP contribution >= 0.6 is 0 Å². The van der Waals surface area contributed by atoms with E-state index in [0.29, 0.717) is 17.0 Å². The van der Waals surface area contributed by atoms with Gasteiger partial charge in [-0.25, -0.2) is 4.79 Å². The number of anilines is 1. The largest absolute Gasteiger partial charge is 0.482 e. The predicted octanol–water partition coefficient (Wildman–Crippen LogP) is 3.75. The summed E-state index contributed by atoms with van der Waals surface area (Å²) in [4.78, 5) is 35.3. The molecule has 0 atom stereocenters. The number of carbonyl (C=O) groups is 3. The van der Waals surface area contributed by atoms with Gasteiger partial charge in [-0.2, -0.15) is 0 Å². The SMILES string of the molecule is CC(=O)c1ccccc1NC(=O)COC(=O)COc1ccc(C(C)(C)C)cc1. The smallest absolute Gasteiger partial charge is 0.344 e. The highest BCUT2D eigenvalue weighted by atomic mass is 16.6. The first-order valence-electron chi connectivity index (χ1n) is 8.95. The van der Waals surface area contributed by atoms with Crippen molar-refractivity contribution in [2.45, 2.75) is 33.1 Å². The maximum Gasteiger partial charge on any atom is 0.344 e. The summed E-state index contributed by atoms with van der Waals surface area (Å²) < 4.78 is 10.3. The lowest BCUT2D eigenvalue weighted by Gasteiger charge is -2.19. The molecule has 1 N–H and O–H groups in total. The van der Waals surface area contributed by atoms with Crippen molar-refractivity contribution in [3.63, 3.8) is 0 Å². The maximum atomic E-state index is 12.0. The molecular formula is C22H25NO5. The molecule has 2 aromatic rings. The highest BCUT2D eigenvalue weighted by Gasteiger charge is 2.14. The number of esters is 1. The molecule has 0 aliphatic carbocycles. The lowest BCUT2D eigenvalue weighted by molar-refractivity contribution is -0.149. The first-order chi connectivity index (χ1) is 13.2. The van der Waals surface area contributed by atoms with Gasteiger partial charge < -0.3 is 14.8 Å². The second-order valence-electron chi connectivity index (χ2n) is 7.37. The number of benzene rings is 2. The van der Waals surface area contributed by atoms with Gasteiger partial charge in [-0.15, -0.1) is 0 Å². The molecule has 0 radical (unpaired) electrons. The van der Waals surface area contributed by atoms with Crippen LogP contribution in [0, 0.1) is 0 Å². The molecule has 0 bridgehead atoms. The van der Waals surface area contributed by atoms with Crippen molar-refractivity contribution in [1.82, 2.24) is 0 Å². The van der Waals surface area contributed by atoms with Crippen LogP contribution in [0.25, 0.3) is 0 Å². The molecule has 6 heteroatoms. The van der Waals surface area contributed by atoms with Crippen LogP contribution in [-0.2, 0) is 19.7 Å². The molecule has 28 heavy (non-hydrogen) atoms. The molecule has 0 fully saturated rings. The quantitative estimate of drug-likeness (QED) is 0.582. The van der Waals surface area contributed by atoms with Gasteiger partial charge in [-0.1, -0.05) is 45.0 Å². The molecular weight excluding hydrogens is 358 g/mol. The summed E-state index contributed by atoms with van der Waals surface area (Å²) in [6.45, 7) is 6.99. The fraction of sp³-hybridized carbons (Fsp3) is 0.318. The van der Waals surface area contributed by atoms with Crippen LogP contribution in [0.5, 0.6) is 5.75 Å². The molecule has 1 amide bonds. The first kappa shape index (κ1) is 21.2. The van der Waals surface area contributed by atoms with Gasteiger partial charge in [0.05, 0.1) is 5.69 Å². The van der Waals surface area contributed by atoms with Gasteiger partial charge >= 0.3 is 5.97 Å². The van der Waals surface area contributed by atoms with E-state index < -0.39 is 18.5 Å². The molecule has 0 saturated carbocycles. The zero-order valence-corrected chi connectivity index (χ0v) is 16.6. The number of ketones is 1. The van der Waals surface area contributed by atoms with Crippen molar-refractivity contribution in [1.29, 1.82) is 0 Å². The summed E-state index contributed by atoms with van der Waals surface area (Å²) in [5.74, 6) is -0.810. The Morgan fingerprint density at radius 3 is 2.18 bits per heavy atom. The number of hydrogen-bond donors (Lipinski definition) is 1. The highest BCUT2D eigenvalue weighted by Crippen LogP contribution is 2.24. The fourth-order valence-electron chi connectivity index (χ4n) is 2.47. The molecule has 0 saturated heterocycles. The van der Waals surface area contributed by atoms with E-state index in [0.717, 1.165) is 5.56 Å². The average Bonchev–Trinajstić information content (AvgIpc) is 2.64. The van der Waals surface area contributed by atoms with Crippen LogP contribution < -0.4 is 10.1 Å². The van der Waals surface area contributed by atoms with Crippen LogP contribution in [0.15, 0.2) is 48.5 Å². The van der Waals surface area contributed by atoms with E-state index >= 15 is 0 Å². The summed E-state index contributed by atoms with van der Waals surface area (Å²) in [5, 5.41) is 2.56. The third-order valence-corrected chi connectivity index (χ3v) is 4.02. The summed E-state index contributed by atoms with van der Waals surface area (Å²) in [6.07, 6.45) is 0. The molecule has 0 aromatic heterocycles. The van der Waals surface area contributed by atoms with E-state index in [-0.39, 0.29) is 17.8 Å². The summed E-state index contributed by atoms with van der Waals surface area (Å²) in [6, 6.07) is 14.1. The van der Waals surface area contributed by atoms with Crippen molar-refractivity contribution in [2.24, 2.45) is 0 Å². The molecule has 2 aromatic carbocycles. The summed E-state index contributed by atoms with van der Waals surface area (Å²) >= 11 is 0. The van der Waals surface area contributed by atoms with E-state index in [2.05, 4.69) is 26.1 Å². The molecule has 148 valence electrons. The maximum absolute atomic E-state index is 12.0. The Hall–Kier alpha value is -3.15. The van der Waals surface area contributed by atoms with Crippen LogP contribution in [0.2, 0.25) is 0 Å². The summed E-state index contributed by atoms with van der Waals surface area (Å²) in [7, 11) is 0. The predicted molar refractivity (Wildman–Crippen MR) is 107 cm³/mol. The van der Waals surface area contributed by atoms with Gasteiger partial charge in [-0.3, -0.25) is 9.59 Å².